The highest BCUT2D eigenvalue weighted by molar-refractivity contribution is 5.51. The zero-order valence-corrected chi connectivity index (χ0v) is 11.6. The van der Waals surface area contributed by atoms with Crippen LogP contribution in [0.25, 0.3) is 0 Å². The Labute approximate surface area is 118 Å². The molecule has 0 amide bonds. The molecule has 0 aliphatic rings. The molecule has 0 aliphatic heterocycles. The van der Waals surface area contributed by atoms with E-state index in [4.69, 9.17) is 4.74 Å². The van der Waals surface area contributed by atoms with Crippen LogP contribution in [0.5, 0.6) is 11.5 Å². The van der Waals surface area contributed by atoms with E-state index >= 15 is 0 Å². The zero-order chi connectivity index (χ0) is 14.5. The molecule has 0 N–H and O–H groups in total. The van der Waals surface area contributed by atoms with Crippen LogP contribution in [0.1, 0.15) is 25.0 Å². The normalized spacial score (nSPS) is 10.3. The summed E-state index contributed by atoms with van der Waals surface area (Å²) in [6, 6.07) is 12.8. The zero-order valence-electron chi connectivity index (χ0n) is 11.6. The van der Waals surface area contributed by atoms with Crippen LogP contribution in [-0.4, -0.2) is 4.92 Å². The van der Waals surface area contributed by atoms with E-state index in [1.807, 2.05) is 44.2 Å². The number of para-hydroxylation sites is 1. The van der Waals surface area contributed by atoms with Gasteiger partial charge in [-0.05, 0) is 31.0 Å². The molecule has 0 radical (unpaired) electrons. The van der Waals surface area contributed by atoms with Gasteiger partial charge >= 0.3 is 0 Å². The van der Waals surface area contributed by atoms with Crippen LogP contribution >= 0.6 is 0 Å². The molecule has 2 aromatic rings. The van der Waals surface area contributed by atoms with Crippen molar-refractivity contribution >= 4 is 5.69 Å². The minimum Gasteiger partial charge on any atom is -0.457 e. The van der Waals surface area contributed by atoms with E-state index in [1.165, 1.54) is 0 Å². The summed E-state index contributed by atoms with van der Waals surface area (Å²) in [6.45, 7) is 3.86. The van der Waals surface area contributed by atoms with Crippen molar-refractivity contribution in [2.24, 2.45) is 0 Å². The summed E-state index contributed by atoms with van der Waals surface area (Å²) in [5.74, 6) is 1.43. The third-order valence-electron chi connectivity index (χ3n) is 3.19. The maximum absolute atomic E-state index is 11.1. The Morgan fingerprint density at radius 1 is 1.05 bits per heavy atom. The molecule has 0 saturated heterocycles. The Hall–Kier alpha value is -2.36. The molecule has 0 spiro atoms. The van der Waals surface area contributed by atoms with Crippen LogP contribution in [-0.2, 0) is 12.8 Å². The lowest BCUT2D eigenvalue weighted by Crippen LogP contribution is -1.99. The van der Waals surface area contributed by atoms with Gasteiger partial charge in [0, 0.05) is 17.2 Å². The number of ether oxygens (including phenoxy) is 1. The summed E-state index contributed by atoms with van der Waals surface area (Å²) < 4.78 is 5.86. The molecule has 2 rings (SSSR count). The van der Waals surface area contributed by atoms with Gasteiger partial charge in [-0.3, -0.25) is 10.1 Å². The minimum atomic E-state index is -0.329. The molecule has 0 aliphatic carbocycles. The Balaban J connectivity index is 2.44. The van der Waals surface area contributed by atoms with Crippen molar-refractivity contribution in [2.45, 2.75) is 26.7 Å². The molecule has 104 valence electrons. The molecule has 0 atom stereocenters. The maximum Gasteiger partial charge on any atom is 0.273 e. The fraction of sp³-hybridized carbons (Fsp3) is 0.250. The van der Waals surface area contributed by atoms with E-state index < -0.39 is 0 Å². The van der Waals surface area contributed by atoms with Crippen molar-refractivity contribution in [2.75, 3.05) is 0 Å². The van der Waals surface area contributed by atoms with E-state index in [0.29, 0.717) is 24.2 Å². The second kappa shape index (κ2) is 6.19. The summed E-state index contributed by atoms with van der Waals surface area (Å²) in [6.07, 6.45) is 1.29. The van der Waals surface area contributed by atoms with Crippen LogP contribution in [0.4, 0.5) is 5.69 Å². The van der Waals surface area contributed by atoms with Gasteiger partial charge in [-0.2, -0.15) is 0 Å². The highest BCUT2D eigenvalue weighted by Crippen LogP contribution is 2.32. The molecule has 0 bridgehead atoms. The highest BCUT2D eigenvalue weighted by Gasteiger charge is 2.17. The van der Waals surface area contributed by atoms with Gasteiger partial charge in [-0.25, -0.2) is 0 Å². The van der Waals surface area contributed by atoms with Crippen molar-refractivity contribution < 1.29 is 9.66 Å². The second-order valence-corrected chi connectivity index (χ2v) is 4.47. The molecular weight excluding hydrogens is 254 g/mol. The van der Waals surface area contributed by atoms with Gasteiger partial charge in [-0.15, -0.1) is 0 Å². The van der Waals surface area contributed by atoms with E-state index in [2.05, 4.69) is 0 Å². The van der Waals surface area contributed by atoms with Crippen molar-refractivity contribution in [1.29, 1.82) is 0 Å². The van der Waals surface area contributed by atoms with Gasteiger partial charge in [0.2, 0.25) is 0 Å². The summed E-state index contributed by atoms with van der Waals surface area (Å²) in [7, 11) is 0. The van der Waals surface area contributed by atoms with Gasteiger partial charge in [-0.1, -0.05) is 32.0 Å². The lowest BCUT2D eigenvalue weighted by atomic mass is 10.0. The largest absolute Gasteiger partial charge is 0.457 e. The molecule has 0 heterocycles. The van der Waals surface area contributed by atoms with Crippen LogP contribution in [0.15, 0.2) is 42.5 Å². The highest BCUT2D eigenvalue weighted by atomic mass is 16.6. The number of nitrogens with zero attached hydrogens (tertiary/aromatic N) is 1. The first-order chi connectivity index (χ1) is 9.65. The number of benzene rings is 2. The monoisotopic (exact) mass is 271 g/mol. The van der Waals surface area contributed by atoms with Crippen molar-refractivity contribution in [1.82, 2.24) is 0 Å². The molecule has 2 aromatic carbocycles. The molecular formula is C16H17NO3. The van der Waals surface area contributed by atoms with E-state index in [9.17, 15) is 10.1 Å². The summed E-state index contributed by atoms with van der Waals surface area (Å²) in [5, 5.41) is 11.1. The topological polar surface area (TPSA) is 52.4 Å². The fourth-order valence-corrected chi connectivity index (χ4v) is 2.09. The summed E-state index contributed by atoms with van der Waals surface area (Å²) in [5.41, 5.74) is 1.71. The SMILES string of the molecule is CCc1cc([N+](=O)[O-])c(CC)cc1Oc1ccccc1. The average Bonchev–Trinajstić information content (AvgIpc) is 2.47. The lowest BCUT2D eigenvalue weighted by Gasteiger charge is -2.12. The number of aryl methyl sites for hydroxylation is 2. The number of nitro groups is 1. The van der Waals surface area contributed by atoms with Gasteiger partial charge in [0.15, 0.2) is 0 Å². The summed E-state index contributed by atoms with van der Waals surface area (Å²) in [4.78, 5) is 10.8. The van der Waals surface area contributed by atoms with Crippen molar-refractivity contribution in [3.8, 4) is 11.5 Å². The molecule has 0 saturated carbocycles. The van der Waals surface area contributed by atoms with E-state index in [0.717, 1.165) is 11.3 Å². The van der Waals surface area contributed by atoms with Gasteiger partial charge in [0.25, 0.3) is 5.69 Å². The van der Waals surface area contributed by atoms with Crippen molar-refractivity contribution in [3.05, 3.63) is 63.7 Å². The molecule has 4 nitrogen and oxygen atoms in total. The van der Waals surface area contributed by atoms with E-state index in [-0.39, 0.29) is 10.6 Å². The van der Waals surface area contributed by atoms with Crippen molar-refractivity contribution in [3.63, 3.8) is 0 Å². The number of rotatable bonds is 5. The Kier molecular flexibility index (Phi) is 4.35. The standard InChI is InChI=1S/C16H17NO3/c1-3-12-11-16(20-14-8-6-5-7-9-14)13(4-2)10-15(12)17(18)19/h5-11H,3-4H2,1-2H3. The molecule has 0 aromatic heterocycles. The molecule has 4 heteroatoms. The quantitative estimate of drug-likeness (QED) is 0.593. The molecule has 0 unspecified atom stereocenters. The number of hydrogen-bond donors (Lipinski definition) is 0. The van der Waals surface area contributed by atoms with Gasteiger partial charge < -0.3 is 4.74 Å². The smallest absolute Gasteiger partial charge is 0.273 e. The average molecular weight is 271 g/mol. The predicted octanol–water partition coefficient (Wildman–Crippen LogP) is 4.51. The minimum absolute atomic E-state index is 0.171. The van der Waals surface area contributed by atoms with Crippen LogP contribution in [0, 0.1) is 10.1 Å². The first kappa shape index (κ1) is 14.1. The first-order valence-electron chi connectivity index (χ1n) is 6.68. The third kappa shape index (κ3) is 2.96. The third-order valence-corrected chi connectivity index (χ3v) is 3.19. The van der Waals surface area contributed by atoms with Crippen LogP contribution < -0.4 is 4.74 Å². The Morgan fingerprint density at radius 3 is 2.25 bits per heavy atom. The second-order valence-electron chi connectivity index (χ2n) is 4.47. The molecule has 0 fully saturated rings. The molecule has 20 heavy (non-hydrogen) atoms. The summed E-state index contributed by atoms with van der Waals surface area (Å²) >= 11 is 0. The van der Waals surface area contributed by atoms with Gasteiger partial charge in [0.05, 0.1) is 4.92 Å². The lowest BCUT2D eigenvalue weighted by molar-refractivity contribution is -0.385. The van der Waals surface area contributed by atoms with Crippen LogP contribution in [0.3, 0.4) is 0 Å². The van der Waals surface area contributed by atoms with E-state index in [1.54, 1.807) is 12.1 Å². The number of nitro benzene ring substituents is 1. The maximum atomic E-state index is 11.1. The first-order valence-corrected chi connectivity index (χ1v) is 6.68. The fourth-order valence-electron chi connectivity index (χ4n) is 2.09. The number of hydrogen-bond acceptors (Lipinski definition) is 3. The van der Waals surface area contributed by atoms with Gasteiger partial charge in [0.1, 0.15) is 11.5 Å². The Bertz CT molecular complexity index is 609. The Morgan fingerprint density at radius 2 is 1.70 bits per heavy atom. The van der Waals surface area contributed by atoms with Crippen LogP contribution in [0.2, 0.25) is 0 Å². The predicted molar refractivity (Wildman–Crippen MR) is 78.4 cm³/mol.